The van der Waals surface area contributed by atoms with Crippen LogP contribution in [0.5, 0.6) is 17.4 Å². The number of hydrogen-bond acceptors (Lipinski definition) is 4. The number of halogens is 2. The van der Waals surface area contributed by atoms with Crippen LogP contribution in [0.2, 0.25) is 0 Å². The Labute approximate surface area is 137 Å². The number of hydrogen-bond donors (Lipinski definition) is 1. The Morgan fingerprint density at radius 3 is 2.25 bits per heavy atom. The van der Waals surface area contributed by atoms with Gasteiger partial charge in [0.15, 0.2) is 17.5 Å². The second-order valence-electron chi connectivity index (χ2n) is 4.99. The third-order valence-corrected chi connectivity index (χ3v) is 3.21. The van der Waals surface area contributed by atoms with E-state index in [1.54, 1.807) is 24.3 Å². The van der Waals surface area contributed by atoms with Gasteiger partial charge in [-0.1, -0.05) is 30.3 Å². The van der Waals surface area contributed by atoms with Gasteiger partial charge in [0.25, 0.3) is 5.88 Å². The normalized spacial score (nSPS) is 10.4. The summed E-state index contributed by atoms with van der Waals surface area (Å²) in [5, 5.41) is 0. The second kappa shape index (κ2) is 6.95. The molecule has 122 valence electrons. The monoisotopic (exact) mass is 328 g/mol. The molecule has 6 heteroatoms. The van der Waals surface area contributed by atoms with Crippen molar-refractivity contribution in [2.75, 3.05) is 5.73 Å². The lowest BCUT2D eigenvalue weighted by Gasteiger charge is -2.09. The summed E-state index contributed by atoms with van der Waals surface area (Å²) in [4.78, 5) is 3.54. The highest BCUT2D eigenvalue weighted by Gasteiger charge is 2.12. The van der Waals surface area contributed by atoms with E-state index in [-0.39, 0.29) is 5.88 Å². The predicted octanol–water partition coefficient (Wildman–Crippen LogP) is 4.31. The smallest absolute Gasteiger partial charge is 0.258 e. The molecule has 0 aliphatic rings. The molecule has 24 heavy (non-hydrogen) atoms. The quantitative estimate of drug-likeness (QED) is 0.758. The van der Waals surface area contributed by atoms with E-state index >= 15 is 0 Å². The van der Waals surface area contributed by atoms with E-state index in [9.17, 15) is 8.78 Å². The minimum Gasteiger partial charge on any atom is -0.489 e. The van der Waals surface area contributed by atoms with Gasteiger partial charge in [0.2, 0.25) is 0 Å². The molecule has 0 bridgehead atoms. The first kappa shape index (κ1) is 15.7. The number of nitrogen functional groups attached to an aromatic ring is 1. The van der Waals surface area contributed by atoms with Crippen molar-refractivity contribution in [3.8, 4) is 17.4 Å². The summed E-state index contributed by atoms with van der Waals surface area (Å²) in [5.41, 5.74) is 6.36. The number of anilines is 1. The fourth-order valence-corrected chi connectivity index (χ4v) is 1.99. The van der Waals surface area contributed by atoms with Crippen molar-refractivity contribution < 1.29 is 18.3 Å². The van der Waals surface area contributed by atoms with Gasteiger partial charge in [0, 0.05) is 6.07 Å². The van der Waals surface area contributed by atoms with E-state index in [1.165, 1.54) is 0 Å². The van der Waals surface area contributed by atoms with Gasteiger partial charge in [0.1, 0.15) is 18.1 Å². The highest BCUT2D eigenvalue weighted by molar-refractivity contribution is 5.38. The molecule has 0 aliphatic carbocycles. The van der Waals surface area contributed by atoms with Crippen molar-refractivity contribution in [2.45, 2.75) is 6.61 Å². The molecule has 0 atom stereocenters. The molecule has 0 fully saturated rings. The van der Waals surface area contributed by atoms with Crippen LogP contribution < -0.4 is 15.2 Å². The summed E-state index contributed by atoms with van der Waals surface area (Å²) in [6, 6.07) is 16.9. The molecule has 0 unspecified atom stereocenters. The van der Waals surface area contributed by atoms with Crippen LogP contribution in [0.4, 0.5) is 14.6 Å². The molecule has 0 saturated carbocycles. The maximum Gasteiger partial charge on any atom is 0.258 e. The van der Waals surface area contributed by atoms with Gasteiger partial charge in [0.05, 0.1) is 0 Å². The lowest BCUT2D eigenvalue weighted by atomic mass is 10.2. The van der Waals surface area contributed by atoms with Crippen LogP contribution in [-0.2, 0) is 6.61 Å². The second-order valence-corrected chi connectivity index (χ2v) is 4.99. The van der Waals surface area contributed by atoms with Gasteiger partial charge in [-0.3, -0.25) is 0 Å². The van der Waals surface area contributed by atoms with Gasteiger partial charge in [-0.2, -0.15) is 4.98 Å². The highest BCUT2D eigenvalue weighted by Crippen LogP contribution is 2.26. The van der Waals surface area contributed by atoms with Gasteiger partial charge in [-0.05, 0) is 29.8 Å². The van der Waals surface area contributed by atoms with E-state index in [1.807, 2.05) is 30.3 Å². The third-order valence-electron chi connectivity index (χ3n) is 3.21. The first-order valence-electron chi connectivity index (χ1n) is 7.18. The molecule has 0 spiro atoms. The van der Waals surface area contributed by atoms with E-state index in [4.69, 9.17) is 15.2 Å². The number of benzene rings is 2. The maximum atomic E-state index is 13.6. The van der Waals surface area contributed by atoms with Crippen molar-refractivity contribution in [1.82, 2.24) is 4.98 Å². The average molecular weight is 328 g/mol. The molecule has 0 aliphatic heterocycles. The minimum absolute atomic E-state index is 0.333. The largest absolute Gasteiger partial charge is 0.489 e. The van der Waals surface area contributed by atoms with Crippen molar-refractivity contribution in [3.63, 3.8) is 0 Å². The first-order valence-corrected chi connectivity index (χ1v) is 7.18. The van der Waals surface area contributed by atoms with Crippen molar-refractivity contribution in [2.24, 2.45) is 0 Å². The van der Waals surface area contributed by atoms with E-state index in [0.717, 1.165) is 5.56 Å². The molecule has 1 heterocycles. The molecule has 2 N–H and O–H groups in total. The number of aromatic nitrogens is 1. The Balaban J connectivity index is 1.65. The summed E-state index contributed by atoms with van der Waals surface area (Å²) >= 11 is 0. The Bertz CT molecular complexity index is 824. The lowest BCUT2D eigenvalue weighted by Crippen LogP contribution is -2.00. The van der Waals surface area contributed by atoms with Crippen LogP contribution >= 0.6 is 0 Å². The van der Waals surface area contributed by atoms with Gasteiger partial charge in [-0.15, -0.1) is 0 Å². The lowest BCUT2D eigenvalue weighted by molar-refractivity contribution is 0.305. The number of rotatable bonds is 5. The minimum atomic E-state index is -0.926. The van der Waals surface area contributed by atoms with E-state index in [2.05, 4.69) is 4.98 Å². The molecule has 3 rings (SSSR count). The van der Waals surface area contributed by atoms with Crippen LogP contribution in [0.1, 0.15) is 5.56 Å². The molecule has 1 aromatic heterocycles. The van der Waals surface area contributed by atoms with Crippen LogP contribution in [0.3, 0.4) is 0 Å². The first-order chi connectivity index (χ1) is 11.6. The maximum absolute atomic E-state index is 13.6. The Hall–Kier alpha value is -3.15. The van der Waals surface area contributed by atoms with Gasteiger partial charge < -0.3 is 15.2 Å². The van der Waals surface area contributed by atoms with Crippen molar-refractivity contribution >= 4 is 5.82 Å². The van der Waals surface area contributed by atoms with Crippen molar-refractivity contribution in [1.29, 1.82) is 0 Å². The summed E-state index contributed by atoms with van der Waals surface area (Å²) in [6.07, 6.45) is 0. The molecule has 3 aromatic rings. The Morgan fingerprint density at radius 2 is 1.54 bits per heavy atom. The van der Waals surface area contributed by atoms with Gasteiger partial charge in [-0.25, -0.2) is 8.78 Å². The summed E-state index contributed by atoms with van der Waals surface area (Å²) in [7, 11) is 0. The molecule has 4 nitrogen and oxygen atoms in total. The van der Waals surface area contributed by atoms with E-state index < -0.39 is 17.5 Å². The molecule has 0 saturated heterocycles. The molecular formula is C18H14F2N2O2. The summed E-state index contributed by atoms with van der Waals surface area (Å²) in [5.74, 6) is -1.69. The number of pyridine rings is 1. The zero-order chi connectivity index (χ0) is 16.9. The van der Waals surface area contributed by atoms with E-state index in [0.29, 0.717) is 24.2 Å². The summed E-state index contributed by atoms with van der Waals surface area (Å²) < 4.78 is 37.6. The molecule has 0 radical (unpaired) electrons. The Morgan fingerprint density at radius 1 is 0.875 bits per heavy atom. The van der Waals surface area contributed by atoms with Crippen LogP contribution in [-0.4, -0.2) is 4.98 Å². The van der Waals surface area contributed by atoms with Gasteiger partial charge >= 0.3 is 0 Å². The van der Waals surface area contributed by atoms with Crippen molar-refractivity contribution in [3.05, 3.63) is 77.9 Å². The number of nitrogens with zero attached hydrogens (tertiary/aromatic N) is 1. The standard InChI is InChI=1S/C18H14F2N2O2/c19-15-10-16(20)18(22-17(15)21)24-14-8-6-13(7-9-14)23-11-12-4-2-1-3-5-12/h1-10H,11H2,(H2,21,22). The van der Waals surface area contributed by atoms with Crippen LogP contribution in [0, 0.1) is 11.6 Å². The fraction of sp³-hybridized carbons (Fsp3) is 0.0556. The zero-order valence-electron chi connectivity index (χ0n) is 12.6. The summed E-state index contributed by atoms with van der Waals surface area (Å²) in [6.45, 7) is 0.436. The average Bonchev–Trinajstić information content (AvgIpc) is 2.60. The molecule has 0 amide bonds. The van der Waals surface area contributed by atoms with Crippen LogP contribution in [0.15, 0.2) is 60.7 Å². The Kier molecular flexibility index (Phi) is 4.56. The molecular weight excluding hydrogens is 314 g/mol. The topological polar surface area (TPSA) is 57.4 Å². The SMILES string of the molecule is Nc1nc(Oc2ccc(OCc3ccccc3)cc2)c(F)cc1F. The fourth-order valence-electron chi connectivity index (χ4n) is 1.99. The molecule has 2 aromatic carbocycles. The zero-order valence-corrected chi connectivity index (χ0v) is 12.6. The predicted molar refractivity (Wildman–Crippen MR) is 85.9 cm³/mol. The third kappa shape index (κ3) is 3.78. The number of ether oxygens (including phenoxy) is 2. The van der Waals surface area contributed by atoms with Crippen LogP contribution in [0.25, 0.3) is 0 Å². The highest BCUT2D eigenvalue weighted by atomic mass is 19.1. The number of nitrogens with two attached hydrogens (primary N) is 1.